The zero-order valence-corrected chi connectivity index (χ0v) is 13.9. The number of nitrogens with one attached hydrogen (secondary N) is 2. The lowest BCUT2D eigenvalue weighted by molar-refractivity contribution is -0.384. The number of carbonyl (C=O) groups excluding carboxylic acids is 2. The Hall–Kier alpha value is -3.64. The number of rotatable bonds is 3. The number of alkyl halides is 6. The van der Waals surface area contributed by atoms with Crippen molar-refractivity contribution in [2.45, 2.75) is 12.4 Å². The number of halogens is 6. The summed E-state index contributed by atoms with van der Waals surface area (Å²) in [5.41, 5.74) is -1.73. The Balaban J connectivity index is 2.23. The van der Waals surface area contributed by atoms with Crippen LogP contribution in [0.5, 0.6) is 0 Å². The number of hydrazine groups is 1. The van der Waals surface area contributed by atoms with Crippen molar-refractivity contribution in [3.8, 4) is 0 Å². The Kier molecular flexibility index (Phi) is 5.80. The number of nitro benzene ring substituents is 1. The van der Waals surface area contributed by atoms with Crippen LogP contribution in [0.4, 0.5) is 32.0 Å². The van der Waals surface area contributed by atoms with E-state index in [2.05, 4.69) is 0 Å². The highest BCUT2D eigenvalue weighted by Crippen LogP contribution is 2.36. The number of nitrogens with zero attached hydrogens (tertiary/aromatic N) is 1. The SMILES string of the molecule is O=C(NNC(=O)c1cc(C(F)(F)F)cc(C(F)(F)F)c1)c1cccc([N+](=O)[O-])c1. The Morgan fingerprint density at radius 1 is 0.793 bits per heavy atom. The number of nitro groups is 1. The van der Waals surface area contributed by atoms with E-state index in [1.807, 2.05) is 0 Å². The van der Waals surface area contributed by atoms with Crippen molar-refractivity contribution in [1.82, 2.24) is 10.9 Å². The number of amides is 2. The van der Waals surface area contributed by atoms with Gasteiger partial charge < -0.3 is 0 Å². The third kappa shape index (κ3) is 5.43. The van der Waals surface area contributed by atoms with E-state index < -0.39 is 51.5 Å². The van der Waals surface area contributed by atoms with Crippen LogP contribution in [0.3, 0.4) is 0 Å². The van der Waals surface area contributed by atoms with Crippen molar-refractivity contribution in [2.75, 3.05) is 0 Å². The molecule has 2 aromatic carbocycles. The van der Waals surface area contributed by atoms with E-state index in [-0.39, 0.29) is 23.8 Å². The first-order chi connectivity index (χ1) is 13.3. The number of non-ortho nitro benzene ring substituents is 1. The van der Waals surface area contributed by atoms with Crippen LogP contribution in [0.2, 0.25) is 0 Å². The zero-order valence-electron chi connectivity index (χ0n) is 13.9. The van der Waals surface area contributed by atoms with Gasteiger partial charge in [-0.15, -0.1) is 0 Å². The summed E-state index contributed by atoms with van der Waals surface area (Å²) in [4.78, 5) is 33.7. The van der Waals surface area contributed by atoms with Gasteiger partial charge in [-0.1, -0.05) is 6.07 Å². The van der Waals surface area contributed by atoms with Gasteiger partial charge in [0.2, 0.25) is 0 Å². The summed E-state index contributed by atoms with van der Waals surface area (Å²) in [7, 11) is 0. The molecule has 154 valence electrons. The molecule has 0 aliphatic heterocycles. The Morgan fingerprint density at radius 3 is 1.72 bits per heavy atom. The van der Waals surface area contributed by atoms with Gasteiger partial charge in [0, 0.05) is 23.3 Å². The van der Waals surface area contributed by atoms with Crippen LogP contribution in [-0.4, -0.2) is 16.7 Å². The molecule has 0 heterocycles. The van der Waals surface area contributed by atoms with Crippen LogP contribution in [0, 0.1) is 10.1 Å². The molecule has 7 nitrogen and oxygen atoms in total. The van der Waals surface area contributed by atoms with Gasteiger partial charge in [0.1, 0.15) is 0 Å². The molecule has 13 heteroatoms. The molecule has 0 fully saturated rings. The Bertz CT molecular complexity index is 940. The number of hydrogen-bond donors (Lipinski definition) is 2. The van der Waals surface area contributed by atoms with Crippen molar-refractivity contribution in [3.05, 3.63) is 74.8 Å². The first kappa shape index (κ1) is 21.7. The van der Waals surface area contributed by atoms with Crippen molar-refractivity contribution in [2.24, 2.45) is 0 Å². The van der Waals surface area contributed by atoms with Gasteiger partial charge >= 0.3 is 12.4 Å². The minimum Gasteiger partial charge on any atom is -0.267 e. The van der Waals surface area contributed by atoms with Gasteiger partial charge in [-0.2, -0.15) is 26.3 Å². The van der Waals surface area contributed by atoms with E-state index >= 15 is 0 Å². The van der Waals surface area contributed by atoms with E-state index in [1.54, 1.807) is 10.9 Å². The lowest BCUT2D eigenvalue weighted by atomic mass is 10.0. The van der Waals surface area contributed by atoms with Crippen LogP contribution in [0.1, 0.15) is 31.8 Å². The van der Waals surface area contributed by atoms with E-state index in [1.165, 1.54) is 0 Å². The molecule has 2 N–H and O–H groups in total. The van der Waals surface area contributed by atoms with Gasteiger partial charge in [-0.05, 0) is 24.3 Å². The second-order valence-corrected chi connectivity index (χ2v) is 5.51. The maximum Gasteiger partial charge on any atom is 0.416 e. The third-order valence-electron chi connectivity index (χ3n) is 3.46. The predicted molar refractivity (Wildman–Crippen MR) is 84.5 cm³/mol. The molecule has 29 heavy (non-hydrogen) atoms. The molecule has 2 rings (SSSR count). The van der Waals surface area contributed by atoms with Gasteiger partial charge in [0.05, 0.1) is 16.1 Å². The standard InChI is InChI=1S/C16H9F6N3O4/c17-15(18,19)10-4-9(5-11(7-10)16(20,21)22)14(27)24-23-13(26)8-2-1-3-12(6-8)25(28)29/h1-7H,(H,23,26)(H,24,27). The van der Waals surface area contributed by atoms with Gasteiger partial charge in [0.15, 0.2) is 0 Å². The third-order valence-corrected chi connectivity index (χ3v) is 3.46. The molecule has 0 saturated carbocycles. The first-order valence-corrected chi connectivity index (χ1v) is 7.43. The summed E-state index contributed by atoms with van der Waals surface area (Å²) < 4.78 is 76.9. The lowest BCUT2D eigenvalue weighted by Gasteiger charge is -2.14. The topological polar surface area (TPSA) is 101 Å². The summed E-state index contributed by atoms with van der Waals surface area (Å²) >= 11 is 0. The normalized spacial score (nSPS) is 11.7. The minimum atomic E-state index is -5.15. The zero-order chi connectivity index (χ0) is 22.0. The Labute approximate surface area is 157 Å². The molecule has 0 atom stereocenters. The molecule has 2 aromatic rings. The van der Waals surface area contributed by atoms with Crippen molar-refractivity contribution >= 4 is 17.5 Å². The van der Waals surface area contributed by atoms with Crippen LogP contribution < -0.4 is 10.9 Å². The molecule has 0 saturated heterocycles. The van der Waals surface area contributed by atoms with E-state index in [0.717, 1.165) is 24.3 Å². The van der Waals surface area contributed by atoms with Crippen molar-refractivity contribution < 1.29 is 40.9 Å². The molecule has 0 bridgehead atoms. The first-order valence-electron chi connectivity index (χ1n) is 7.43. The fraction of sp³-hybridized carbons (Fsp3) is 0.125. The maximum atomic E-state index is 12.8. The van der Waals surface area contributed by atoms with Crippen LogP contribution in [-0.2, 0) is 12.4 Å². The van der Waals surface area contributed by atoms with Gasteiger partial charge in [0.25, 0.3) is 17.5 Å². The lowest BCUT2D eigenvalue weighted by Crippen LogP contribution is -2.41. The second kappa shape index (κ2) is 7.77. The molecule has 0 aromatic heterocycles. The van der Waals surface area contributed by atoms with E-state index in [0.29, 0.717) is 0 Å². The second-order valence-electron chi connectivity index (χ2n) is 5.51. The number of benzene rings is 2. The highest BCUT2D eigenvalue weighted by atomic mass is 19.4. The van der Waals surface area contributed by atoms with E-state index in [9.17, 15) is 46.0 Å². The van der Waals surface area contributed by atoms with Crippen LogP contribution in [0.25, 0.3) is 0 Å². The number of carbonyl (C=O) groups is 2. The average Bonchev–Trinajstić information content (AvgIpc) is 2.64. The molecular weight excluding hydrogens is 412 g/mol. The number of hydrogen-bond acceptors (Lipinski definition) is 4. The molecule has 0 aliphatic rings. The molecule has 0 radical (unpaired) electrons. The summed E-state index contributed by atoms with van der Waals surface area (Å²) in [6, 6.07) is 4.45. The van der Waals surface area contributed by atoms with Crippen LogP contribution >= 0.6 is 0 Å². The quantitative estimate of drug-likeness (QED) is 0.448. The largest absolute Gasteiger partial charge is 0.416 e. The summed E-state index contributed by atoms with van der Waals surface area (Å²) in [5, 5.41) is 10.7. The molecule has 2 amide bonds. The minimum absolute atomic E-state index is 0.154. The van der Waals surface area contributed by atoms with E-state index in [4.69, 9.17) is 0 Å². The van der Waals surface area contributed by atoms with Gasteiger partial charge in [-0.25, -0.2) is 0 Å². The van der Waals surface area contributed by atoms with Crippen molar-refractivity contribution in [1.29, 1.82) is 0 Å². The highest BCUT2D eigenvalue weighted by Gasteiger charge is 2.37. The van der Waals surface area contributed by atoms with Crippen molar-refractivity contribution in [3.63, 3.8) is 0 Å². The smallest absolute Gasteiger partial charge is 0.267 e. The molecule has 0 aliphatic carbocycles. The monoisotopic (exact) mass is 421 g/mol. The summed E-state index contributed by atoms with van der Waals surface area (Å²) in [6.07, 6.45) is -10.3. The molecular formula is C16H9F6N3O4. The van der Waals surface area contributed by atoms with Crippen LogP contribution in [0.15, 0.2) is 42.5 Å². The fourth-order valence-electron chi connectivity index (χ4n) is 2.10. The fourth-order valence-corrected chi connectivity index (χ4v) is 2.10. The Morgan fingerprint density at radius 2 is 1.28 bits per heavy atom. The molecule has 0 unspecified atom stereocenters. The predicted octanol–water partition coefficient (Wildman–Crippen LogP) is 3.71. The van der Waals surface area contributed by atoms with Gasteiger partial charge in [-0.3, -0.25) is 30.6 Å². The summed E-state index contributed by atoms with van der Waals surface area (Å²) in [5.74, 6) is -2.54. The molecule has 0 spiro atoms. The highest BCUT2D eigenvalue weighted by molar-refractivity contribution is 5.99. The average molecular weight is 421 g/mol. The summed E-state index contributed by atoms with van der Waals surface area (Å²) in [6.45, 7) is 0. The maximum absolute atomic E-state index is 12.8.